The number of hydrogen-bond acceptors (Lipinski definition) is 2. The van der Waals surface area contributed by atoms with Crippen LogP contribution in [0.25, 0.3) is 93.9 Å². The average molecular weight is 969 g/mol. The highest BCUT2D eigenvalue weighted by Gasteiger charge is 2.46. The van der Waals surface area contributed by atoms with Crippen molar-refractivity contribution in [3.8, 4) is 50.2 Å². The molecule has 3 heteroatoms. The van der Waals surface area contributed by atoms with Crippen LogP contribution in [0.1, 0.15) is 22.3 Å². The van der Waals surface area contributed by atoms with Gasteiger partial charge in [-0.05, 0) is 134 Å². The van der Waals surface area contributed by atoms with Crippen molar-refractivity contribution in [1.29, 1.82) is 0 Å². The summed E-state index contributed by atoms with van der Waals surface area (Å²) in [4.78, 5) is 2.35. The third-order valence-corrected chi connectivity index (χ3v) is 15.9. The van der Waals surface area contributed by atoms with Crippen LogP contribution in [0.5, 0.6) is 0 Å². The second kappa shape index (κ2) is 17.6. The molecule has 0 aliphatic heterocycles. The zero-order valence-electron chi connectivity index (χ0n) is 41.5. The van der Waals surface area contributed by atoms with Gasteiger partial charge in [-0.1, -0.05) is 218 Å². The zero-order chi connectivity index (χ0) is 50.2. The Morgan fingerprint density at radius 2 is 0.855 bits per heavy atom. The van der Waals surface area contributed by atoms with Crippen molar-refractivity contribution in [3.05, 3.63) is 313 Å². The van der Waals surface area contributed by atoms with Crippen LogP contribution < -0.4 is 4.90 Å². The number of nitrogens with zero attached hydrogens (tertiary/aromatic N) is 2. The summed E-state index contributed by atoms with van der Waals surface area (Å²) in [6, 6.07) is 106. The maximum atomic E-state index is 6.53. The van der Waals surface area contributed by atoms with E-state index in [-0.39, 0.29) is 0 Å². The summed E-state index contributed by atoms with van der Waals surface area (Å²) in [6.07, 6.45) is 0. The summed E-state index contributed by atoms with van der Waals surface area (Å²) in [7, 11) is 0. The molecule has 14 aromatic rings. The Labute approximate surface area is 441 Å². The third-order valence-electron chi connectivity index (χ3n) is 15.9. The number of aromatic nitrogens is 1. The van der Waals surface area contributed by atoms with Gasteiger partial charge in [0.15, 0.2) is 0 Å². The predicted molar refractivity (Wildman–Crippen MR) is 316 cm³/mol. The van der Waals surface area contributed by atoms with Crippen molar-refractivity contribution in [2.24, 2.45) is 0 Å². The lowest BCUT2D eigenvalue weighted by molar-refractivity contribution is 0.670. The van der Waals surface area contributed by atoms with Crippen molar-refractivity contribution in [3.63, 3.8) is 0 Å². The fraction of sp³-hybridized carbons (Fsp3) is 0.0137. The standard InChI is InChI=1S/C73H48N2O/c1-4-18-49(19-5-1)50-36-42-57(43-37-50)74(56-22-8-3-9-23-56)58-24-16-25-59(48-58)75-69-32-14-11-27-63(69)66-46-52(39-45-70(66)75)53-38-44-62-61-26-10-13-31-67(61)73(68(62)47-53,54-20-6-2-7-21-54)55-40-34-51(35-41-55)60-29-17-30-65-64-28-12-15-33-71(64)76-72(60)65/h1-48H. The predicted octanol–water partition coefficient (Wildman–Crippen LogP) is 19.5. The third kappa shape index (κ3) is 6.83. The number of fused-ring (bicyclic) bond motifs is 9. The quantitative estimate of drug-likeness (QED) is 0.144. The average Bonchev–Trinajstić information content (AvgIpc) is 4.33. The van der Waals surface area contributed by atoms with E-state index in [1.54, 1.807) is 0 Å². The molecule has 0 spiro atoms. The van der Waals surface area contributed by atoms with Crippen LogP contribution in [0.4, 0.5) is 17.1 Å². The summed E-state index contributed by atoms with van der Waals surface area (Å²) in [5, 5.41) is 4.69. The zero-order valence-corrected chi connectivity index (χ0v) is 41.5. The Balaban J connectivity index is 0.852. The summed E-state index contributed by atoms with van der Waals surface area (Å²) in [6.45, 7) is 0. The van der Waals surface area contributed by atoms with Gasteiger partial charge >= 0.3 is 0 Å². The SMILES string of the molecule is c1ccc(-c2ccc(N(c3ccccc3)c3cccc(-n4c5ccccc5c5cc(-c6ccc7c(c6)C(c6ccccc6)(c6ccc(-c8cccc9c8oc8ccccc89)cc6)c6ccccc6-7)ccc54)c3)cc2)cc1. The first kappa shape index (κ1) is 43.6. The molecule has 0 saturated carbocycles. The smallest absolute Gasteiger partial charge is 0.143 e. The highest BCUT2D eigenvalue weighted by molar-refractivity contribution is 6.11. The van der Waals surface area contributed by atoms with Crippen LogP contribution in [-0.4, -0.2) is 4.57 Å². The van der Waals surface area contributed by atoms with Crippen molar-refractivity contribution in [2.75, 3.05) is 4.90 Å². The molecule has 0 radical (unpaired) electrons. The summed E-state index contributed by atoms with van der Waals surface area (Å²) >= 11 is 0. The summed E-state index contributed by atoms with van der Waals surface area (Å²) in [5.74, 6) is 0. The van der Waals surface area contributed by atoms with Crippen LogP contribution in [0.3, 0.4) is 0 Å². The number of rotatable bonds is 9. The number of benzene rings is 12. The normalized spacial score (nSPS) is 13.8. The van der Waals surface area contributed by atoms with Crippen molar-refractivity contribution < 1.29 is 4.42 Å². The van der Waals surface area contributed by atoms with Crippen LogP contribution in [0, 0.1) is 0 Å². The van der Waals surface area contributed by atoms with Gasteiger partial charge in [-0.25, -0.2) is 0 Å². The van der Waals surface area contributed by atoms with E-state index in [1.807, 2.05) is 6.07 Å². The second-order valence-corrected chi connectivity index (χ2v) is 20.0. The molecule has 2 heterocycles. The van der Waals surface area contributed by atoms with Crippen molar-refractivity contribution in [2.45, 2.75) is 5.41 Å². The van der Waals surface area contributed by atoms with Crippen LogP contribution in [0.15, 0.2) is 296 Å². The molecule has 0 bridgehead atoms. The first-order chi connectivity index (χ1) is 37.7. The Hall–Kier alpha value is -9.96. The molecule has 1 aliphatic rings. The lowest BCUT2D eigenvalue weighted by Gasteiger charge is -2.34. The Morgan fingerprint density at radius 1 is 0.303 bits per heavy atom. The van der Waals surface area contributed by atoms with Gasteiger partial charge in [0.2, 0.25) is 0 Å². The highest BCUT2D eigenvalue weighted by Crippen LogP contribution is 2.57. The second-order valence-electron chi connectivity index (χ2n) is 20.0. The van der Waals surface area contributed by atoms with Gasteiger partial charge in [0.1, 0.15) is 11.2 Å². The van der Waals surface area contributed by atoms with Crippen LogP contribution in [-0.2, 0) is 5.41 Å². The van der Waals surface area contributed by atoms with E-state index < -0.39 is 5.41 Å². The fourth-order valence-corrected chi connectivity index (χ4v) is 12.5. The molecule has 0 saturated heterocycles. The number of anilines is 3. The van der Waals surface area contributed by atoms with E-state index in [0.717, 1.165) is 66.8 Å². The van der Waals surface area contributed by atoms with Gasteiger partial charge < -0.3 is 13.9 Å². The molecular weight excluding hydrogens is 921 g/mol. The largest absolute Gasteiger partial charge is 0.455 e. The molecule has 3 nitrogen and oxygen atoms in total. The summed E-state index contributed by atoms with van der Waals surface area (Å²) in [5.41, 5.74) is 22.5. The molecule has 356 valence electrons. The minimum atomic E-state index is -0.574. The maximum absolute atomic E-state index is 6.53. The van der Waals surface area contributed by atoms with Gasteiger partial charge in [0.25, 0.3) is 0 Å². The van der Waals surface area contributed by atoms with Gasteiger partial charge in [-0.3, -0.25) is 0 Å². The molecule has 1 atom stereocenters. The minimum Gasteiger partial charge on any atom is -0.455 e. The van der Waals surface area contributed by atoms with Gasteiger partial charge in [-0.15, -0.1) is 0 Å². The maximum Gasteiger partial charge on any atom is 0.143 e. The lowest BCUT2D eigenvalue weighted by Crippen LogP contribution is -2.28. The topological polar surface area (TPSA) is 21.3 Å². The lowest BCUT2D eigenvalue weighted by atomic mass is 9.67. The Kier molecular flexibility index (Phi) is 10.1. The summed E-state index contributed by atoms with van der Waals surface area (Å²) < 4.78 is 8.96. The molecule has 1 aliphatic carbocycles. The molecular formula is C73H48N2O. The molecule has 76 heavy (non-hydrogen) atoms. The molecule has 0 amide bonds. The van der Waals surface area contributed by atoms with Crippen molar-refractivity contribution >= 4 is 60.8 Å². The molecule has 0 fully saturated rings. The monoisotopic (exact) mass is 968 g/mol. The highest BCUT2D eigenvalue weighted by atomic mass is 16.3. The Bertz CT molecular complexity index is 4500. The number of para-hydroxylation sites is 4. The van der Waals surface area contributed by atoms with Crippen LogP contribution in [0.2, 0.25) is 0 Å². The van der Waals surface area contributed by atoms with Gasteiger partial charge in [0, 0.05) is 49.9 Å². The van der Waals surface area contributed by atoms with Crippen molar-refractivity contribution in [1.82, 2.24) is 4.57 Å². The van der Waals surface area contributed by atoms with E-state index >= 15 is 0 Å². The van der Waals surface area contributed by atoms with E-state index in [2.05, 4.69) is 295 Å². The molecule has 2 aromatic heterocycles. The molecule has 0 N–H and O–H groups in total. The fourth-order valence-electron chi connectivity index (χ4n) is 12.5. The van der Waals surface area contributed by atoms with E-state index in [4.69, 9.17) is 4.42 Å². The van der Waals surface area contributed by atoms with Crippen LogP contribution >= 0.6 is 0 Å². The van der Waals surface area contributed by atoms with Gasteiger partial charge in [-0.2, -0.15) is 0 Å². The van der Waals surface area contributed by atoms with E-state index in [0.29, 0.717) is 0 Å². The van der Waals surface area contributed by atoms with E-state index in [9.17, 15) is 0 Å². The molecule has 1 unspecified atom stereocenters. The van der Waals surface area contributed by atoms with E-state index in [1.165, 1.54) is 66.4 Å². The Morgan fingerprint density at radius 3 is 1.68 bits per heavy atom. The number of hydrogen-bond donors (Lipinski definition) is 0. The van der Waals surface area contributed by atoms with Gasteiger partial charge in [0.05, 0.1) is 16.4 Å². The first-order valence-corrected chi connectivity index (χ1v) is 26.1. The molecule has 15 rings (SSSR count). The first-order valence-electron chi connectivity index (χ1n) is 26.1. The molecule has 12 aromatic carbocycles. The number of furan rings is 1. The minimum absolute atomic E-state index is 0.574.